The molecule has 4 nitrogen and oxygen atoms in total. The van der Waals surface area contributed by atoms with Crippen LogP contribution in [-0.2, 0) is 4.79 Å². The van der Waals surface area contributed by atoms with E-state index in [1.54, 1.807) is 0 Å². The third kappa shape index (κ3) is 1.58. The average molecular weight is 169 g/mol. The molecule has 1 rings (SSSR count). The lowest BCUT2D eigenvalue weighted by atomic mass is 9.95. The molecular weight excluding hydrogens is 154 g/mol. The van der Waals surface area contributed by atoms with Crippen molar-refractivity contribution >= 4 is 5.91 Å². The lowest BCUT2D eigenvalue weighted by Crippen LogP contribution is -2.65. The van der Waals surface area contributed by atoms with Gasteiger partial charge in [0.15, 0.2) is 0 Å². The molecule has 1 aliphatic rings. The van der Waals surface area contributed by atoms with E-state index in [9.17, 15) is 4.79 Å². The van der Waals surface area contributed by atoms with Crippen LogP contribution in [0.3, 0.4) is 0 Å². The molecule has 1 fully saturated rings. The van der Waals surface area contributed by atoms with Crippen molar-refractivity contribution in [3.63, 3.8) is 0 Å². The van der Waals surface area contributed by atoms with Crippen LogP contribution in [-0.4, -0.2) is 11.4 Å². The van der Waals surface area contributed by atoms with Crippen LogP contribution in [0.5, 0.6) is 0 Å². The average Bonchev–Trinajstić information content (AvgIpc) is 1.99. The summed E-state index contributed by atoms with van der Waals surface area (Å²) in [6, 6.07) is 0. The highest BCUT2D eigenvalue weighted by Gasteiger charge is 2.35. The summed E-state index contributed by atoms with van der Waals surface area (Å²) in [5, 5.41) is 2.65. The van der Waals surface area contributed by atoms with Crippen LogP contribution in [0.4, 0.5) is 0 Å². The van der Waals surface area contributed by atoms with Crippen LogP contribution in [0.2, 0.25) is 0 Å². The van der Waals surface area contributed by atoms with Crippen LogP contribution in [0.1, 0.15) is 26.7 Å². The summed E-state index contributed by atoms with van der Waals surface area (Å²) in [7, 11) is 0. The highest BCUT2D eigenvalue weighted by molar-refractivity contribution is 5.87. The first-order valence-corrected chi connectivity index (χ1v) is 4.12. The Labute approximate surface area is 72.4 Å². The molecule has 0 aromatic carbocycles. The van der Waals surface area contributed by atoms with Gasteiger partial charge in [-0.05, 0) is 13.3 Å². The van der Waals surface area contributed by atoms with Gasteiger partial charge < -0.3 is 10.7 Å². The largest absolute Gasteiger partial charge is 0.310 e. The number of nitrogens with one attached hydrogen (secondary N) is 3. The number of hydrogen-bond donors (Lipinski definition) is 3. The molecule has 0 spiro atoms. The van der Waals surface area contributed by atoms with Gasteiger partial charge in [0.2, 0.25) is 5.91 Å². The van der Waals surface area contributed by atoms with Crippen molar-refractivity contribution in [2.24, 2.45) is 0 Å². The summed E-state index contributed by atoms with van der Waals surface area (Å²) in [5.74, 6) is 0.488. The van der Waals surface area contributed by atoms with E-state index < -0.39 is 5.54 Å². The molecule has 1 heterocycles. The number of carbonyl (C=O) groups excluding carboxylic acids is 1. The lowest BCUT2D eigenvalue weighted by molar-refractivity contribution is -0.128. The van der Waals surface area contributed by atoms with Gasteiger partial charge in [0.1, 0.15) is 11.4 Å². The van der Waals surface area contributed by atoms with E-state index >= 15 is 0 Å². The van der Waals surface area contributed by atoms with Crippen LogP contribution < -0.4 is 16.2 Å². The van der Waals surface area contributed by atoms with Crippen molar-refractivity contribution in [2.75, 3.05) is 0 Å². The summed E-state index contributed by atoms with van der Waals surface area (Å²) in [5.41, 5.74) is 5.24. The molecule has 4 heteroatoms. The van der Waals surface area contributed by atoms with Crippen LogP contribution in [0.25, 0.3) is 0 Å². The van der Waals surface area contributed by atoms with Gasteiger partial charge in [-0.25, -0.2) is 5.43 Å². The Hall–Kier alpha value is -1.03. The first-order valence-electron chi connectivity index (χ1n) is 4.12. The Morgan fingerprint density at radius 3 is 2.75 bits per heavy atom. The topological polar surface area (TPSA) is 53.2 Å². The molecule has 1 unspecified atom stereocenters. The maximum absolute atomic E-state index is 11.4. The van der Waals surface area contributed by atoms with Crippen LogP contribution in [0, 0.1) is 0 Å². The van der Waals surface area contributed by atoms with E-state index in [-0.39, 0.29) is 5.91 Å². The van der Waals surface area contributed by atoms with Gasteiger partial charge >= 0.3 is 0 Å². The third-order valence-electron chi connectivity index (χ3n) is 2.00. The standard InChI is InChI=1S/C8H15N3O/c1-4-5-8(3)7(12)9-6(2)10-11-8/h10-11H,2,4-5H2,1,3H3,(H,9,12). The molecule has 1 amide bonds. The Bertz CT molecular complexity index is 214. The number of carbonyl (C=O) groups is 1. The molecule has 3 N–H and O–H groups in total. The van der Waals surface area contributed by atoms with Gasteiger partial charge in [-0.2, -0.15) is 0 Å². The van der Waals surface area contributed by atoms with Gasteiger partial charge in [-0.1, -0.05) is 19.9 Å². The highest BCUT2D eigenvalue weighted by atomic mass is 16.2. The first kappa shape index (κ1) is 9.06. The minimum atomic E-state index is -0.504. The molecule has 12 heavy (non-hydrogen) atoms. The molecule has 0 saturated carbocycles. The zero-order chi connectivity index (χ0) is 9.19. The molecule has 1 saturated heterocycles. The van der Waals surface area contributed by atoms with Gasteiger partial charge in [-0.15, -0.1) is 0 Å². The van der Waals surface area contributed by atoms with E-state index in [4.69, 9.17) is 0 Å². The second-order valence-corrected chi connectivity index (χ2v) is 3.26. The highest BCUT2D eigenvalue weighted by Crippen LogP contribution is 2.14. The maximum Gasteiger partial charge on any atom is 0.247 e. The van der Waals surface area contributed by atoms with Crippen molar-refractivity contribution in [1.82, 2.24) is 16.2 Å². The normalized spacial score (nSPS) is 29.5. The molecular formula is C8H15N3O. The van der Waals surface area contributed by atoms with Crippen molar-refractivity contribution in [1.29, 1.82) is 0 Å². The second kappa shape index (κ2) is 3.15. The van der Waals surface area contributed by atoms with Gasteiger partial charge in [0, 0.05) is 0 Å². The molecule has 0 aromatic rings. The monoisotopic (exact) mass is 169 g/mol. The van der Waals surface area contributed by atoms with E-state index in [2.05, 4.69) is 22.7 Å². The summed E-state index contributed by atoms with van der Waals surface area (Å²) in [6.45, 7) is 7.50. The fraction of sp³-hybridized carbons (Fsp3) is 0.625. The fourth-order valence-electron chi connectivity index (χ4n) is 1.25. The number of rotatable bonds is 2. The van der Waals surface area contributed by atoms with E-state index in [1.807, 2.05) is 13.8 Å². The molecule has 1 atom stereocenters. The van der Waals surface area contributed by atoms with E-state index in [1.165, 1.54) is 0 Å². The summed E-state index contributed by atoms with van der Waals surface area (Å²) < 4.78 is 0. The van der Waals surface area contributed by atoms with Gasteiger partial charge in [0.25, 0.3) is 0 Å². The van der Waals surface area contributed by atoms with E-state index in [0.29, 0.717) is 5.82 Å². The molecule has 0 aliphatic carbocycles. The molecule has 68 valence electrons. The number of amides is 1. The van der Waals surface area contributed by atoms with Crippen molar-refractivity contribution in [3.8, 4) is 0 Å². The summed E-state index contributed by atoms with van der Waals surface area (Å²) in [6.07, 6.45) is 1.77. The number of hydrogen-bond acceptors (Lipinski definition) is 3. The van der Waals surface area contributed by atoms with Crippen molar-refractivity contribution < 1.29 is 4.79 Å². The molecule has 0 aromatic heterocycles. The lowest BCUT2D eigenvalue weighted by Gasteiger charge is -2.35. The minimum absolute atomic E-state index is 0.0203. The zero-order valence-corrected chi connectivity index (χ0v) is 7.53. The second-order valence-electron chi connectivity index (χ2n) is 3.26. The zero-order valence-electron chi connectivity index (χ0n) is 7.53. The quantitative estimate of drug-likeness (QED) is 0.555. The fourth-order valence-corrected chi connectivity index (χ4v) is 1.25. The predicted molar refractivity (Wildman–Crippen MR) is 46.9 cm³/mol. The van der Waals surface area contributed by atoms with Crippen LogP contribution in [0.15, 0.2) is 12.4 Å². The minimum Gasteiger partial charge on any atom is -0.310 e. The smallest absolute Gasteiger partial charge is 0.247 e. The summed E-state index contributed by atoms with van der Waals surface area (Å²) in [4.78, 5) is 11.4. The van der Waals surface area contributed by atoms with Gasteiger partial charge in [-0.3, -0.25) is 4.79 Å². The van der Waals surface area contributed by atoms with Crippen molar-refractivity contribution in [3.05, 3.63) is 12.4 Å². The van der Waals surface area contributed by atoms with Crippen molar-refractivity contribution in [2.45, 2.75) is 32.2 Å². The molecule has 0 radical (unpaired) electrons. The Morgan fingerprint density at radius 2 is 2.25 bits per heavy atom. The number of hydrazine groups is 1. The summed E-state index contributed by atoms with van der Waals surface area (Å²) >= 11 is 0. The Balaban J connectivity index is 2.66. The van der Waals surface area contributed by atoms with Gasteiger partial charge in [0.05, 0.1) is 0 Å². The Morgan fingerprint density at radius 1 is 1.58 bits per heavy atom. The Kier molecular flexibility index (Phi) is 2.38. The SMILES string of the molecule is C=C1NNC(C)(CCC)C(=O)N1. The predicted octanol–water partition coefficient (Wildman–Crippen LogP) is 0.240. The molecule has 0 bridgehead atoms. The van der Waals surface area contributed by atoms with Crippen LogP contribution >= 0.6 is 0 Å². The third-order valence-corrected chi connectivity index (χ3v) is 2.00. The first-order chi connectivity index (χ1) is 5.58. The van der Waals surface area contributed by atoms with E-state index in [0.717, 1.165) is 12.8 Å². The maximum atomic E-state index is 11.4. The molecule has 1 aliphatic heterocycles.